The fourth-order valence-electron chi connectivity index (χ4n) is 3.27. The van der Waals surface area contributed by atoms with E-state index in [-0.39, 0.29) is 6.61 Å². The van der Waals surface area contributed by atoms with Crippen molar-refractivity contribution in [2.45, 2.75) is 20.5 Å². The number of oxime groups is 1. The molecule has 0 fully saturated rings. The second-order valence-corrected chi connectivity index (χ2v) is 7.97. The van der Waals surface area contributed by atoms with Crippen LogP contribution in [0.3, 0.4) is 0 Å². The Morgan fingerprint density at radius 3 is 2.77 bits per heavy atom. The predicted octanol–water partition coefficient (Wildman–Crippen LogP) is 4.35. The van der Waals surface area contributed by atoms with Gasteiger partial charge < -0.3 is 4.84 Å². The zero-order valence-electron chi connectivity index (χ0n) is 16.2. The summed E-state index contributed by atoms with van der Waals surface area (Å²) in [5, 5.41) is 12.9. The summed E-state index contributed by atoms with van der Waals surface area (Å²) in [6, 6.07) is 7.32. The molecule has 0 saturated heterocycles. The SMILES string of the molecule is Cc1c(C)n(-c2nccs2)c2ncn3nc(CO/N=C/c4ccc(Cl)cc4)nc3c12. The number of hydrogen-bond acceptors (Lipinski definition) is 7. The van der Waals surface area contributed by atoms with Crippen molar-refractivity contribution >= 4 is 45.8 Å². The molecule has 0 bridgehead atoms. The molecule has 0 spiro atoms. The van der Waals surface area contributed by atoms with Crippen molar-refractivity contribution in [1.82, 2.24) is 29.1 Å². The number of nitrogens with zero attached hydrogens (tertiary/aromatic N) is 7. The van der Waals surface area contributed by atoms with Gasteiger partial charge in [0, 0.05) is 22.3 Å². The number of benzene rings is 1. The average Bonchev–Trinajstić information content (AvgIpc) is 3.46. The van der Waals surface area contributed by atoms with E-state index >= 15 is 0 Å². The molecule has 0 radical (unpaired) electrons. The van der Waals surface area contributed by atoms with Crippen molar-refractivity contribution < 1.29 is 4.84 Å². The second kappa shape index (κ2) is 7.51. The van der Waals surface area contributed by atoms with Gasteiger partial charge in [-0.15, -0.1) is 16.4 Å². The van der Waals surface area contributed by atoms with Crippen LogP contribution in [-0.4, -0.2) is 35.3 Å². The summed E-state index contributed by atoms with van der Waals surface area (Å²) in [6.07, 6.45) is 5.07. The minimum absolute atomic E-state index is 0.151. The summed E-state index contributed by atoms with van der Waals surface area (Å²) in [6.45, 7) is 4.27. The summed E-state index contributed by atoms with van der Waals surface area (Å²) in [5.74, 6) is 0.525. The fourth-order valence-corrected chi connectivity index (χ4v) is 4.09. The van der Waals surface area contributed by atoms with Crippen molar-refractivity contribution in [1.29, 1.82) is 0 Å². The number of hydrogen-bond donors (Lipinski definition) is 0. The number of fused-ring (bicyclic) bond motifs is 3. The maximum absolute atomic E-state index is 5.88. The zero-order chi connectivity index (χ0) is 20.7. The molecule has 0 aliphatic rings. The van der Waals surface area contributed by atoms with Gasteiger partial charge in [0.1, 0.15) is 6.33 Å². The average molecular weight is 438 g/mol. The second-order valence-electron chi connectivity index (χ2n) is 6.66. The maximum atomic E-state index is 5.88. The lowest BCUT2D eigenvalue weighted by atomic mass is 10.2. The summed E-state index contributed by atoms with van der Waals surface area (Å²) >= 11 is 7.45. The Morgan fingerprint density at radius 2 is 2.00 bits per heavy atom. The van der Waals surface area contributed by atoms with Gasteiger partial charge in [-0.05, 0) is 37.1 Å². The first kappa shape index (κ1) is 18.7. The first-order valence-electron chi connectivity index (χ1n) is 9.14. The molecule has 4 heterocycles. The molecule has 5 rings (SSSR count). The van der Waals surface area contributed by atoms with E-state index in [9.17, 15) is 0 Å². The van der Waals surface area contributed by atoms with Gasteiger partial charge in [0.15, 0.2) is 28.9 Å². The van der Waals surface area contributed by atoms with E-state index in [4.69, 9.17) is 16.4 Å². The van der Waals surface area contributed by atoms with Crippen LogP contribution in [0.2, 0.25) is 5.02 Å². The van der Waals surface area contributed by atoms with E-state index < -0.39 is 0 Å². The first-order chi connectivity index (χ1) is 14.6. The Morgan fingerprint density at radius 1 is 1.17 bits per heavy atom. The van der Waals surface area contributed by atoms with Crippen LogP contribution < -0.4 is 0 Å². The van der Waals surface area contributed by atoms with E-state index in [0.717, 1.165) is 38.6 Å². The Kier molecular flexibility index (Phi) is 4.68. The minimum Gasteiger partial charge on any atom is -0.387 e. The number of aromatic nitrogens is 6. The van der Waals surface area contributed by atoms with Gasteiger partial charge in [-0.25, -0.2) is 19.5 Å². The lowest BCUT2D eigenvalue weighted by Crippen LogP contribution is -1.98. The van der Waals surface area contributed by atoms with Crippen LogP contribution in [0.25, 0.3) is 21.8 Å². The van der Waals surface area contributed by atoms with Gasteiger partial charge in [0.05, 0.1) is 11.6 Å². The molecule has 0 unspecified atom stereocenters. The van der Waals surface area contributed by atoms with E-state index in [1.54, 1.807) is 46.7 Å². The van der Waals surface area contributed by atoms with Crippen LogP contribution in [-0.2, 0) is 11.4 Å². The van der Waals surface area contributed by atoms with Crippen molar-refractivity contribution in [3.63, 3.8) is 0 Å². The normalized spacial score (nSPS) is 11.8. The van der Waals surface area contributed by atoms with Gasteiger partial charge in [-0.2, -0.15) is 0 Å². The highest BCUT2D eigenvalue weighted by molar-refractivity contribution is 7.12. The molecule has 30 heavy (non-hydrogen) atoms. The summed E-state index contributed by atoms with van der Waals surface area (Å²) in [7, 11) is 0. The summed E-state index contributed by atoms with van der Waals surface area (Å²) in [5.41, 5.74) is 4.61. The van der Waals surface area contributed by atoms with Crippen LogP contribution in [0.15, 0.2) is 47.3 Å². The third-order valence-corrected chi connectivity index (χ3v) is 5.84. The number of thiazole rings is 1. The molecule has 4 aromatic heterocycles. The molecule has 0 aliphatic heterocycles. The Balaban J connectivity index is 1.45. The van der Waals surface area contributed by atoms with Crippen molar-refractivity contribution in [2.24, 2.45) is 5.16 Å². The van der Waals surface area contributed by atoms with Gasteiger partial charge in [-0.1, -0.05) is 28.9 Å². The van der Waals surface area contributed by atoms with Gasteiger partial charge in [0.25, 0.3) is 0 Å². The lowest BCUT2D eigenvalue weighted by molar-refractivity contribution is 0.126. The molecule has 0 amide bonds. The summed E-state index contributed by atoms with van der Waals surface area (Å²) < 4.78 is 3.72. The molecule has 150 valence electrons. The monoisotopic (exact) mass is 437 g/mol. The molecular formula is C20H16ClN7OS. The third kappa shape index (κ3) is 3.21. The van der Waals surface area contributed by atoms with E-state index in [1.807, 2.05) is 17.5 Å². The highest BCUT2D eigenvalue weighted by atomic mass is 35.5. The standard InChI is InChI=1S/C20H16ClN7OS/c1-12-13(2)28(20-22-7-8-30-20)18-17(12)19-25-16(26-27(19)11-23-18)10-29-24-9-14-3-5-15(21)6-4-14/h3-9,11H,10H2,1-2H3/b24-9+. The minimum atomic E-state index is 0.151. The first-order valence-corrected chi connectivity index (χ1v) is 10.4. The van der Waals surface area contributed by atoms with Crippen LogP contribution in [0, 0.1) is 13.8 Å². The van der Waals surface area contributed by atoms with Gasteiger partial charge in [-0.3, -0.25) is 4.57 Å². The molecule has 8 nitrogen and oxygen atoms in total. The largest absolute Gasteiger partial charge is 0.387 e. The van der Waals surface area contributed by atoms with Crippen LogP contribution in [0.1, 0.15) is 22.6 Å². The summed E-state index contributed by atoms with van der Waals surface area (Å²) in [4.78, 5) is 19.1. The Labute approximate surface area is 180 Å². The molecule has 0 N–H and O–H groups in total. The van der Waals surface area contributed by atoms with E-state index in [1.165, 1.54) is 0 Å². The predicted molar refractivity (Wildman–Crippen MR) is 117 cm³/mol. The van der Waals surface area contributed by atoms with Gasteiger partial charge >= 0.3 is 0 Å². The topological polar surface area (TPSA) is 82.5 Å². The third-order valence-electron chi connectivity index (χ3n) is 4.83. The quantitative estimate of drug-likeness (QED) is 0.301. The van der Waals surface area contributed by atoms with E-state index in [0.29, 0.717) is 10.8 Å². The molecule has 0 saturated carbocycles. The smallest absolute Gasteiger partial charge is 0.195 e. The number of aryl methyl sites for hydroxylation is 1. The molecule has 0 atom stereocenters. The van der Waals surface area contributed by atoms with E-state index in [2.05, 4.69) is 43.6 Å². The van der Waals surface area contributed by atoms with Crippen molar-refractivity contribution in [3.8, 4) is 5.13 Å². The molecule has 5 aromatic rings. The lowest BCUT2D eigenvalue weighted by Gasteiger charge is -2.02. The van der Waals surface area contributed by atoms with Crippen molar-refractivity contribution in [2.75, 3.05) is 0 Å². The fraction of sp³-hybridized carbons (Fsp3) is 0.150. The zero-order valence-corrected chi connectivity index (χ0v) is 17.7. The molecular weight excluding hydrogens is 422 g/mol. The van der Waals surface area contributed by atoms with Crippen LogP contribution in [0.4, 0.5) is 0 Å². The highest BCUT2D eigenvalue weighted by Crippen LogP contribution is 2.30. The maximum Gasteiger partial charge on any atom is 0.195 e. The highest BCUT2D eigenvalue weighted by Gasteiger charge is 2.19. The van der Waals surface area contributed by atoms with Crippen molar-refractivity contribution in [3.05, 3.63) is 69.8 Å². The molecule has 0 aliphatic carbocycles. The Bertz CT molecular complexity index is 1370. The molecule has 10 heteroatoms. The van der Waals surface area contributed by atoms with Gasteiger partial charge in [0.2, 0.25) is 0 Å². The number of halogens is 1. The van der Waals surface area contributed by atoms with Crippen LogP contribution >= 0.6 is 22.9 Å². The Hall–Kier alpha value is -3.30. The molecule has 1 aromatic carbocycles. The number of rotatable bonds is 5. The van der Waals surface area contributed by atoms with Crippen LogP contribution in [0.5, 0.6) is 0 Å².